The van der Waals surface area contributed by atoms with Gasteiger partial charge in [-0.3, -0.25) is 0 Å². The molecule has 4 nitrogen and oxygen atoms in total. The summed E-state index contributed by atoms with van der Waals surface area (Å²) in [7, 11) is 0. The summed E-state index contributed by atoms with van der Waals surface area (Å²) >= 11 is 0. The van der Waals surface area contributed by atoms with E-state index in [1.807, 2.05) is 18.5 Å². The Labute approximate surface area is 117 Å². The lowest BCUT2D eigenvalue weighted by Gasteiger charge is -2.34. The van der Waals surface area contributed by atoms with E-state index in [1.165, 1.54) is 11.3 Å². The van der Waals surface area contributed by atoms with E-state index in [9.17, 15) is 0 Å². The van der Waals surface area contributed by atoms with Gasteiger partial charge in [-0.15, -0.1) is 0 Å². The van der Waals surface area contributed by atoms with Crippen LogP contribution in [0.25, 0.3) is 0 Å². The number of hydrogen-bond acceptors (Lipinski definition) is 3. The first-order chi connectivity index (χ1) is 9.86. The van der Waals surface area contributed by atoms with Crippen molar-refractivity contribution >= 4 is 0 Å². The minimum absolute atomic E-state index is 0.341. The van der Waals surface area contributed by atoms with Crippen LogP contribution >= 0.6 is 0 Å². The molecule has 0 radical (unpaired) electrons. The van der Waals surface area contributed by atoms with Crippen molar-refractivity contribution in [1.29, 1.82) is 5.26 Å². The lowest BCUT2D eigenvalue weighted by atomic mass is 9.87. The first-order valence-electron chi connectivity index (χ1n) is 7.00. The van der Waals surface area contributed by atoms with Gasteiger partial charge >= 0.3 is 0 Å². The second-order valence-electron chi connectivity index (χ2n) is 5.52. The van der Waals surface area contributed by atoms with Crippen LogP contribution in [-0.2, 0) is 11.3 Å². The fourth-order valence-electron chi connectivity index (χ4n) is 3.42. The average Bonchev–Trinajstić information content (AvgIpc) is 2.94. The second-order valence-corrected chi connectivity index (χ2v) is 5.52. The van der Waals surface area contributed by atoms with Crippen molar-refractivity contribution in [2.24, 2.45) is 0 Å². The second kappa shape index (κ2) is 4.46. The van der Waals surface area contributed by atoms with Crippen molar-refractivity contribution in [2.45, 2.75) is 31.4 Å². The van der Waals surface area contributed by atoms with Gasteiger partial charge in [-0.25, -0.2) is 4.98 Å². The van der Waals surface area contributed by atoms with Crippen LogP contribution in [0.15, 0.2) is 30.6 Å². The summed E-state index contributed by atoms with van der Waals surface area (Å²) in [4.78, 5) is 4.51. The molecule has 100 valence electrons. The Balaban J connectivity index is 1.76. The molecule has 0 saturated carbocycles. The Morgan fingerprint density at radius 2 is 2.10 bits per heavy atom. The normalized spacial score (nSPS) is 23.9. The van der Waals surface area contributed by atoms with Gasteiger partial charge in [-0.2, -0.15) is 5.26 Å². The maximum Gasteiger partial charge on any atom is 0.0991 e. The molecule has 2 aliphatic rings. The van der Waals surface area contributed by atoms with Crippen LogP contribution in [0.3, 0.4) is 0 Å². The highest BCUT2D eigenvalue weighted by Crippen LogP contribution is 2.40. The van der Waals surface area contributed by atoms with Gasteiger partial charge in [0.2, 0.25) is 0 Å². The van der Waals surface area contributed by atoms with E-state index in [-0.39, 0.29) is 0 Å². The summed E-state index contributed by atoms with van der Waals surface area (Å²) < 4.78 is 7.92. The number of aromatic nitrogens is 2. The quantitative estimate of drug-likeness (QED) is 0.796. The molecular formula is C16H15N3O. The van der Waals surface area contributed by atoms with Crippen molar-refractivity contribution in [3.05, 3.63) is 53.1 Å². The van der Waals surface area contributed by atoms with Crippen molar-refractivity contribution in [3.63, 3.8) is 0 Å². The van der Waals surface area contributed by atoms with E-state index in [0.717, 1.165) is 25.1 Å². The molecular weight excluding hydrogens is 250 g/mol. The number of benzene rings is 1. The number of imidazole rings is 1. The van der Waals surface area contributed by atoms with E-state index < -0.39 is 0 Å². The Bertz CT molecular complexity index is 681. The van der Waals surface area contributed by atoms with Gasteiger partial charge < -0.3 is 9.30 Å². The van der Waals surface area contributed by atoms with Gasteiger partial charge in [0.1, 0.15) is 0 Å². The lowest BCUT2D eigenvalue weighted by Crippen LogP contribution is -2.27. The molecule has 4 heteroatoms. The lowest BCUT2D eigenvalue weighted by molar-refractivity contribution is 0.0775. The van der Waals surface area contributed by atoms with E-state index >= 15 is 0 Å². The Hall–Kier alpha value is -2.12. The molecule has 2 aliphatic heterocycles. The molecule has 0 fully saturated rings. The molecule has 3 heterocycles. The zero-order chi connectivity index (χ0) is 13.5. The summed E-state index contributed by atoms with van der Waals surface area (Å²) in [6, 6.07) is 10.4. The van der Waals surface area contributed by atoms with E-state index in [4.69, 9.17) is 10.00 Å². The number of hydrogen-bond donors (Lipinski definition) is 0. The minimum Gasteiger partial charge on any atom is -0.374 e. The highest BCUT2D eigenvalue weighted by Gasteiger charge is 2.33. The molecule has 0 aliphatic carbocycles. The fraction of sp³-hybridized carbons (Fsp3) is 0.375. The van der Waals surface area contributed by atoms with Gasteiger partial charge in [0.05, 0.1) is 42.9 Å². The van der Waals surface area contributed by atoms with E-state index in [2.05, 4.69) is 27.8 Å². The third-order valence-corrected chi connectivity index (χ3v) is 4.41. The number of nitrogens with zero attached hydrogens (tertiary/aromatic N) is 3. The van der Waals surface area contributed by atoms with Gasteiger partial charge in [0.15, 0.2) is 0 Å². The number of rotatable bonds is 1. The predicted octanol–water partition coefficient (Wildman–Crippen LogP) is 2.75. The first-order valence-corrected chi connectivity index (χ1v) is 7.00. The zero-order valence-electron chi connectivity index (χ0n) is 11.1. The van der Waals surface area contributed by atoms with Crippen molar-refractivity contribution in [1.82, 2.24) is 9.55 Å². The summed E-state index contributed by atoms with van der Waals surface area (Å²) in [5.41, 5.74) is 4.43. The summed E-state index contributed by atoms with van der Waals surface area (Å²) in [6.07, 6.45) is 4.19. The first kappa shape index (κ1) is 11.7. The van der Waals surface area contributed by atoms with Crippen LogP contribution in [0.5, 0.6) is 0 Å². The molecule has 0 N–H and O–H groups in total. The Morgan fingerprint density at radius 3 is 2.90 bits per heavy atom. The van der Waals surface area contributed by atoms with E-state index in [0.29, 0.717) is 24.1 Å². The van der Waals surface area contributed by atoms with Crippen LogP contribution < -0.4 is 0 Å². The highest BCUT2D eigenvalue weighted by molar-refractivity contribution is 5.35. The average molecular weight is 265 g/mol. The number of nitriles is 1. The third-order valence-electron chi connectivity index (χ3n) is 4.41. The number of ether oxygens (including phenoxy) is 1. The zero-order valence-corrected chi connectivity index (χ0v) is 11.1. The van der Waals surface area contributed by atoms with Crippen LogP contribution in [0.4, 0.5) is 0 Å². The van der Waals surface area contributed by atoms with Gasteiger partial charge in [-0.05, 0) is 30.5 Å². The molecule has 2 atom stereocenters. The maximum atomic E-state index is 8.90. The Kier molecular flexibility index (Phi) is 2.61. The molecule has 0 amide bonds. The monoisotopic (exact) mass is 265 g/mol. The predicted molar refractivity (Wildman–Crippen MR) is 73.2 cm³/mol. The minimum atomic E-state index is 0.341. The summed E-state index contributed by atoms with van der Waals surface area (Å²) in [5.74, 6) is 0.496. The topological polar surface area (TPSA) is 50.8 Å². The Morgan fingerprint density at radius 1 is 1.25 bits per heavy atom. The maximum absolute atomic E-state index is 8.90. The molecule has 0 spiro atoms. The third kappa shape index (κ3) is 1.67. The fourth-order valence-corrected chi connectivity index (χ4v) is 3.42. The van der Waals surface area contributed by atoms with Crippen molar-refractivity contribution < 1.29 is 4.74 Å². The van der Waals surface area contributed by atoms with Gasteiger partial charge in [0.25, 0.3) is 0 Å². The molecule has 0 bridgehead atoms. The van der Waals surface area contributed by atoms with E-state index in [1.54, 1.807) is 0 Å². The largest absolute Gasteiger partial charge is 0.374 e. The van der Waals surface area contributed by atoms with Gasteiger partial charge in [0, 0.05) is 11.6 Å². The standard InChI is InChI=1S/C16H15N3O/c17-7-11-1-3-12(4-2-11)15-6-5-13-8-20-9-14-16(13)19(15)10-18-14/h1-4,10,13,15H,5-6,8-9H2. The molecule has 2 aromatic rings. The van der Waals surface area contributed by atoms with Crippen molar-refractivity contribution in [2.75, 3.05) is 6.61 Å². The molecule has 2 unspecified atom stereocenters. The molecule has 1 aromatic carbocycles. The molecule has 0 saturated heterocycles. The summed E-state index contributed by atoms with van der Waals surface area (Å²) in [6.45, 7) is 1.46. The molecule has 4 rings (SSSR count). The molecule has 1 aromatic heterocycles. The smallest absolute Gasteiger partial charge is 0.0991 e. The van der Waals surface area contributed by atoms with Gasteiger partial charge in [-0.1, -0.05) is 12.1 Å². The van der Waals surface area contributed by atoms with Crippen LogP contribution in [0.2, 0.25) is 0 Å². The van der Waals surface area contributed by atoms with Crippen LogP contribution in [0, 0.1) is 11.3 Å². The van der Waals surface area contributed by atoms with Crippen LogP contribution in [-0.4, -0.2) is 16.2 Å². The highest BCUT2D eigenvalue weighted by atomic mass is 16.5. The van der Waals surface area contributed by atoms with Crippen molar-refractivity contribution in [3.8, 4) is 6.07 Å². The molecule has 20 heavy (non-hydrogen) atoms. The SMILES string of the molecule is N#Cc1ccc(C2CCC3COCc4ncn2c43)cc1. The van der Waals surface area contributed by atoms with Crippen LogP contribution in [0.1, 0.15) is 47.3 Å². The summed E-state index contributed by atoms with van der Waals surface area (Å²) in [5, 5.41) is 8.90.